The topological polar surface area (TPSA) is 74.0 Å². The first-order valence-corrected chi connectivity index (χ1v) is 9.19. The molecule has 1 amide bonds. The molecule has 6 heteroatoms. The Labute approximate surface area is 140 Å². The van der Waals surface area contributed by atoms with Gasteiger partial charge in [-0.05, 0) is 44.7 Å². The van der Waals surface area contributed by atoms with Crippen LogP contribution in [0.4, 0.5) is 0 Å². The van der Waals surface area contributed by atoms with Gasteiger partial charge >= 0.3 is 0 Å². The number of nitrogens with zero attached hydrogens (tertiary/aromatic N) is 3. The first-order chi connectivity index (χ1) is 11.1. The lowest BCUT2D eigenvalue weighted by atomic mass is 10.00. The number of guanidine groups is 1. The molecule has 0 saturated carbocycles. The van der Waals surface area contributed by atoms with E-state index in [4.69, 9.17) is 5.73 Å². The Morgan fingerprint density at radius 1 is 1.13 bits per heavy atom. The average Bonchev–Trinajstić information content (AvgIpc) is 2.82. The number of piperidine rings is 1. The Morgan fingerprint density at radius 2 is 1.78 bits per heavy atom. The zero-order valence-electron chi connectivity index (χ0n) is 14.6. The molecule has 2 aliphatic heterocycles. The molecule has 2 aliphatic rings. The summed E-state index contributed by atoms with van der Waals surface area (Å²) in [6, 6.07) is 0. The largest absolute Gasteiger partial charge is 0.370 e. The minimum atomic E-state index is -0.0341. The van der Waals surface area contributed by atoms with E-state index in [-0.39, 0.29) is 12.5 Å². The fourth-order valence-corrected chi connectivity index (χ4v) is 3.26. The highest BCUT2D eigenvalue weighted by atomic mass is 16.1. The van der Waals surface area contributed by atoms with Gasteiger partial charge in [-0.1, -0.05) is 19.8 Å². The fraction of sp³-hybridized carbons (Fsp3) is 0.882. The first-order valence-electron chi connectivity index (χ1n) is 9.19. The van der Waals surface area contributed by atoms with Crippen LogP contribution in [0, 0.1) is 5.92 Å². The first kappa shape index (κ1) is 18.0. The van der Waals surface area contributed by atoms with E-state index in [1.54, 1.807) is 0 Å². The summed E-state index contributed by atoms with van der Waals surface area (Å²) in [5.74, 6) is 1.24. The van der Waals surface area contributed by atoms with Crippen LogP contribution in [0.3, 0.4) is 0 Å². The van der Waals surface area contributed by atoms with Crippen molar-refractivity contribution in [2.75, 3.05) is 45.8 Å². The van der Waals surface area contributed by atoms with E-state index in [2.05, 4.69) is 27.0 Å². The third-order valence-corrected chi connectivity index (χ3v) is 4.94. The fourth-order valence-electron chi connectivity index (χ4n) is 3.26. The van der Waals surface area contributed by atoms with Crippen LogP contribution in [-0.4, -0.2) is 67.5 Å². The van der Waals surface area contributed by atoms with Crippen LogP contribution in [0.1, 0.15) is 45.4 Å². The van der Waals surface area contributed by atoms with Crippen molar-refractivity contribution >= 4 is 11.9 Å². The van der Waals surface area contributed by atoms with E-state index in [9.17, 15) is 4.79 Å². The highest BCUT2D eigenvalue weighted by Crippen LogP contribution is 2.15. The second kappa shape index (κ2) is 9.75. The molecule has 0 aromatic heterocycles. The molecule has 0 aromatic carbocycles. The number of nitrogens with two attached hydrogens (primary N) is 1. The molecule has 0 spiro atoms. The van der Waals surface area contributed by atoms with Crippen molar-refractivity contribution in [3.05, 3.63) is 0 Å². The lowest BCUT2D eigenvalue weighted by molar-refractivity contribution is -0.119. The van der Waals surface area contributed by atoms with Crippen LogP contribution in [0.25, 0.3) is 0 Å². The van der Waals surface area contributed by atoms with Gasteiger partial charge in [-0.25, -0.2) is 4.99 Å². The minimum Gasteiger partial charge on any atom is -0.370 e. The third-order valence-electron chi connectivity index (χ3n) is 4.94. The number of hydrogen-bond acceptors (Lipinski definition) is 3. The average molecular weight is 323 g/mol. The monoisotopic (exact) mass is 323 g/mol. The van der Waals surface area contributed by atoms with Crippen LogP contribution >= 0.6 is 0 Å². The van der Waals surface area contributed by atoms with Crippen molar-refractivity contribution in [1.29, 1.82) is 0 Å². The molecule has 23 heavy (non-hydrogen) atoms. The van der Waals surface area contributed by atoms with Crippen LogP contribution in [-0.2, 0) is 4.79 Å². The van der Waals surface area contributed by atoms with Crippen molar-refractivity contribution in [2.24, 2.45) is 16.6 Å². The predicted molar refractivity (Wildman–Crippen MR) is 94.4 cm³/mol. The molecule has 3 N–H and O–H groups in total. The number of carbonyl (C=O) groups is 1. The van der Waals surface area contributed by atoms with Gasteiger partial charge in [0.05, 0.1) is 0 Å². The van der Waals surface area contributed by atoms with Crippen LogP contribution in [0.15, 0.2) is 4.99 Å². The van der Waals surface area contributed by atoms with E-state index < -0.39 is 0 Å². The molecule has 132 valence electrons. The Kier molecular flexibility index (Phi) is 7.65. The molecule has 2 rings (SSSR count). The second-order valence-electron chi connectivity index (χ2n) is 6.95. The molecule has 2 fully saturated rings. The third kappa shape index (κ3) is 6.77. The van der Waals surface area contributed by atoms with E-state index in [1.165, 1.54) is 25.7 Å². The summed E-state index contributed by atoms with van der Waals surface area (Å²) in [4.78, 5) is 20.7. The number of carbonyl (C=O) groups excluding carboxylic acids is 1. The van der Waals surface area contributed by atoms with Crippen molar-refractivity contribution in [3.63, 3.8) is 0 Å². The lowest BCUT2D eigenvalue weighted by Crippen LogP contribution is -2.43. The molecule has 0 bridgehead atoms. The lowest BCUT2D eigenvalue weighted by Gasteiger charge is -2.30. The summed E-state index contributed by atoms with van der Waals surface area (Å²) in [7, 11) is 0. The highest BCUT2D eigenvalue weighted by molar-refractivity contribution is 5.84. The molecule has 0 unspecified atom stereocenters. The molecule has 6 nitrogen and oxygen atoms in total. The summed E-state index contributed by atoms with van der Waals surface area (Å²) in [5, 5.41) is 2.95. The van der Waals surface area contributed by atoms with Crippen LogP contribution in [0.5, 0.6) is 0 Å². The molecule has 2 heterocycles. The Balaban J connectivity index is 1.61. The van der Waals surface area contributed by atoms with Crippen molar-refractivity contribution in [1.82, 2.24) is 15.1 Å². The Bertz CT molecular complexity index is 382. The maximum absolute atomic E-state index is 11.9. The quantitative estimate of drug-likeness (QED) is 0.585. The van der Waals surface area contributed by atoms with Gasteiger partial charge in [0.2, 0.25) is 5.91 Å². The number of amides is 1. The molecular weight excluding hydrogens is 290 g/mol. The van der Waals surface area contributed by atoms with Crippen molar-refractivity contribution < 1.29 is 4.79 Å². The maximum atomic E-state index is 11.9. The molecule has 0 radical (unpaired) electrons. The van der Waals surface area contributed by atoms with Gasteiger partial charge in [-0.2, -0.15) is 0 Å². The molecule has 0 aliphatic carbocycles. The minimum absolute atomic E-state index is 0.0341. The van der Waals surface area contributed by atoms with Gasteiger partial charge in [0.1, 0.15) is 6.54 Å². The number of rotatable bonds is 5. The number of hydrogen-bond donors (Lipinski definition) is 2. The van der Waals surface area contributed by atoms with E-state index >= 15 is 0 Å². The molecule has 2 saturated heterocycles. The predicted octanol–water partition coefficient (Wildman–Crippen LogP) is 1.03. The standard InChI is InChI=1S/C17H33N5O/c1-15-6-11-22(12-7-15)17(18)20-14-16(23)19-8-13-21-9-4-2-3-5-10-21/h15H,2-14H2,1H3,(H2,18,20)(H,19,23). The number of nitrogens with one attached hydrogen (secondary N) is 1. The van der Waals surface area contributed by atoms with E-state index in [0.29, 0.717) is 12.5 Å². The van der Waals surface area contributed by atoms with E-state index in [1.807, 2.05) is 0 Å². The van der Waals surface area contributed by atoms with Crippen LogP contribution < -0.4 is 11.1 Å². The van der Waals surface area contributed by atoms with Gasteiger partial charge in [0.25, 0.3) is 0 Å². The van der Waals surface area contributed by atoms with Gasteiger partial charge < -0.3 is 20.9 Å². The summed E-state index contributed by atoms with van der Waals surface area (Å²) in [5.41, 5.74) is 5.99. The summed E-state index contributed by atoms with van der Waals surface area (Å²) in [6.45, 7) is 8.27. The Morgan fingerprint density at radius 3 is 2.43 bits per heavy atom. The zero-order chi connectivity index (χ0) is 16.5. The number of aliphatic imine (C=N–C) groups is 1. The maximum Gasteiger partial charge on any atom is 0.241 e. The van der Waals surface area contributed by atoms with Crippen molar-refractivity contribution in [2.45, 2.75) is 45.4 Å². The molecule has 0 aromatic rings. The van der Waals surface area contributed by atoms with E-state index in [0.717, 1.165) is 51.5 Å². The van der Waals surface area contributed by atoms with Gasteiger partial charge in [0.15, 0.2) is 5.96 Å². The normalized spacial score (nSPS) is 22.0. The SMILES string of the molecule is CC1CCN(C(N)=NCC(=O)NCCN2CCCCCC2)CC1. The molecule has 0 atom stereocenters. The van der Waals surface area contributed by atoms with Crippen molar-refractivity contribution in [3.8, 4) is 0 Å². The van der Waals surface area contributed by atoms with Crippen LogP contribution in [0.2, 0.25) is 0 Å². The molecular formula is C17H33N5O. The van der Waals surface area contributed by atoms with Gasteiger partial charge in [-0.15, -0.1) is 0 Å². The Hall–Kier alpha value is -1.30. The number of likely N-dealkylation sites (tertiary alicyclic amines) is 2. The summed E-state index contributed by atoms with van der Waals surface area (Å²) in [6.07, 6.45) is 7.54. The zero-order valence-corrected chi connectivity index (χ0v) is 14.6. The van der Waals surface area contributed by atoms with Gasteiger partial charge in [0, 0.05) is 26.2 Å². The summed E-state index contributed by atoms with van der Waals surface area (Å²) < 4.78 is 0. The smallest absolute Gasteiger partial charge is 0.241 e. The summed E-state index contributed by atoms with van der Waals surface area (Å²) >= 11 is 0. The van der Waals surface area contributed by atoms with Gasteiger partial charge in [-0.3, -0.25) is 4.79 Å². The highest BCUT2D eigenvalue weighted by Gasteiger charge is 2.17. The second-order valence-corrected chi connectivity index (χ2v) is 6.95.